The smallest absolute Gasteiger partial charge is 0.187 e. The normalized spacial score (nSPS) is 15.8. The number of fused-ring (bicyclic) bond motifs is 2. The van der Waals surface area contributed by atoms with Gasteiger partial charge in [0, 0.05) is 11.1 Å². The van der Waals surface area contributed by atoms with Crippen molar-refractivity contribution in [3.05, 3.63) is 172 Å². The van der Waals surface area contributed by atoms with E-state index in [1.54, 1.807) is 6.08 Å². The van der Waals surface area contributed by atoms with Crippen molar-refractivity contribution >= 4 is 57.2 Å². The summed E-state index contributed by atoms with van der Waals surface area (Å²) in [5, 5.41) is 5.02. The van der Waals surface area contributed by atoms with Gasteiger partial charge in [-0.2, -0.15) is 0 Å². The Hall–Kier alpha value is -4.71. The maximum absolute atomic E-state index is 14.1. The molecular formula is C41H33OP. The number of hydrogen-bond donors (Lipinski definition) is 0. The molecule has 0 spiro atoms. The molecule has 0 saturated carbocycles. The monoisotopic (exact) mass is 572 g/mol. The highest BCUT2D eigenvalue weighted by atomic mass is 31.2. The summed E-state index contributed by atoms with van der Waals surface area (Å²) in [6.07, 6.45) is 8.25. The number of ketones is 1. The van der Waals surface area contributed by atoms with Crippen LogP contribution in [0, 0.1) is 20.8 Å². The summed E-state index contributed by atoms with van der Waals surface area (Å²) in [4.78, 5) is 14.1. The van der Waals surface area contributed by atoms with E-state index < -0.39 is 6.89 Å². The van der Waals surface area contributed by atoms with Crippen molar-refractivity contribution in [2.75, 3.05) is 0 Å². The average molecular weight is 573 g/mol. The van der Waals surface area contributed by atoms with Gasteiger partial charge in [-0.05, 0) is 77.2 Å². The molecular weight excluding hydrogens is 539 g/mol. The Morgan fingerprint density at radius 1 is 0.419 bits per heavy atom. The molecule has 0 bridgehead atoms. The molecule has 0 heterocycles. The van der Waals surface area contributed by atoms with Crippen molar-refractivity contribution in [1.82, 2.24) is 0 Å². The number of aryl methyl sites for hydroxylation is 3. The SMILES string of the molecule is Cc1ccc(P(=C2C=Cc3ccccc3C2=C2C(=O)C=Cc3ccccc32)(c2ccc(C)cc2)c2ccc(C)cc2)cc1. The Morgan fingerprint density at radius 2 is 0.814 bits per heavy atom. The van der Waals surface area contributed by atoms with Crippen molar-refractivity contribution in [1.29, 1.82) is 0 Å². The van der Waals surface area contributed by atoms with Gasteiger partial charge in [0.25, 0.3) is 0 Å². The Bertz CT molecular complexity index is 1920. The maximum Gasteiger partial charge on any atom is 0.187 e. The van der Waals surface area contributed by atoms with E-state index in [1.807, 2.05) is 18.2 Å². The minimum Gasteiger partial charge on any atom is -0.289 e. The van der Waals surface area contributed by atoms with Crippen molar-refractivity contribution in [3.8, 4) is 0 Å². The lowest BCUT2D eigenvalue weighted by atomic mass is 9.81. The van der Waals surface area contributed by atoms with Crippen LogP contribution in [0.3, 0.4) is 0 Å². The number of allylic oxidation sites excluding steroid dienone is 4. The molecule has 208 valence electrons. The minimum atomic E-state index is -2.51. The van der Waals surface area contributed by atoms with Crippen molar-refractivity contribution in [2.45, 2.75) is 20.8 Å². The average Bonchev–Trinajstić information content (AvgIpc) is 3.04. The molecule has 5 aromatic carbocycles. The standard InChI is InChI=1S/C41H33OP/c1-28-12-20-33(21-13-28)43(34-22-14-29(2)15-23-34,35-24-16-30(3)17-25-35)39-27-19-32-9-5-7-11-37(32)41(39)40-36-10-6-4-8-31(36)18-26-38(40)42/h4-27H,1-3H3. The molecule has 2 aliphatic carbocycles. The number of hydrogen-bond acceptors (Lipinski definition) is 1. The molecule has 0 radical (unpaired) electrons. The van der Waals surface area contributed by atoms with Gasteiger partial charge in [0.2, 0.25) is 0 Å². The number of benzene rings is 5. The molecule has 0 fully saturated rings. The minimum absolute atomic E-state index is 0.0473. The van der Waals surface area contributed by atoms with Crippen LogP contribution in [0.15, 0.2) is 133 Å². The molecule has 1 nitrogen and oxygen atoms in total. The summed E-state index contributed by atoms with van der Waals surface area (Å²) in [5.41, 5.74) is 9.78. The van der Waals surface area contributed by atoms with Gasteiger partial charge in [-0.25, -0.2) is 0 Å². The molecule has 5 aromatic rings. The maximum atomic E-state index is 14.1. The van der Waals surface area contributed by atoms with E-state index in [0.717, 1.165) is 33.4 Å². The summed E-state index contributed by atoms with van der Waals surface area (Å²) in [6, 6.07) is 44.0. The summed E-state index contributed by atoms with van der Waals surface area (Å²) >= 11 is 0. The second-order valence-electron chi connectivity index (χ2n) is 11.5. The summed E-state index contributed by atoms with van der Waals surface area (Å²) in [7, 11) is 0. The zero-order chi connectivity index (χ0) is 29.6. The molecule has 0 aliphatic heterocycles. The van der Waals surface area contributed by atoms with Gasteiger partial charge in [0.05, 0.1) is 0 Å². The van der Waals surface area contributed by atoms with Crippen LogP contribution in [0.5, 0.6) is 0 Å². The third-order valence-electron chi connectivity index (χ3n) is 8.67. The molecule has 7 rings (SSSR count). The highest BCUT2D eigenvalue weighted by molar-refractivity contribution is 7.96. The number of carbonyl (C=O) groups excluding carboxylic acids is 1. The van der Waals surface area contributed by atoms with E-state index in [9.17, 15) is 4.79 Å². The highest BCUT2D eigenvalue weighted by Crippen LogP contribution is 2.52. The molecule has 0 amide bonds. The summed E-state index contributed by atoms with van der Waals surface area (Å²) in [6.45, 7) is 3.92. The lowest BCUT2D eigenvalue weighted by molar-refractivity contribution is -0.109. The molecule has 0 N–H and O–H groups in total. The zero-order valence-electron chi connectivity index (χ0n) is 24.7. The third kappa shape index (κ3) is 4.53. The molecule has 2 aliphatic rings. The first-order valence-electron chi connectivity index (χ1n) is 14.8. The van der Waals surface area contributed by atoms with E-state index in [-0.39, 0.29) is 5.78 Å². The molecule has 0 atom stereocenters. The quantitative estimate of drug-likeness (QED) is 0.157. The Labute approximate surface area is 254 Å². The molecule has 43 heavy (non-hydrogen) atoms. The fourth-order valence-electron chi connectivity index (χ4n) is 6.48. The van der Waals surface area contributed by atoms with E-state index in [0.29, 0.717) is 0 Å². The molecule has 2 heteroatoms. The predicted octanol–water partition coefficient (Wildman–Crippen LogP) is 8.31. The van der Waals surface area contributed by atoms with Crippen LogP contribution >= 0.6 is 6.89 Å². The van der Waals surface area contributed by atoms with Crippen molar-refractivity contribution in [2.24, 2.45) is 0 Å². The van der Waals surface area contributed by atoms with Gasteiger partial charge >= 0.3 is 0 Å². The van der Waals surface area contributed by atoms with Gasteiger partial charge in [-0.15, -0.1) is 0 Å². The lowest BCUT2D eigenvalue weighted by Gasteiger charge is -2.36. The largest absolute Gasteiger partial charge is 0.289 e. The predicted molar refractivity (Wildman–Crippen MR) is 187 cm³/mol. The van der Waals surface area contributed by atoms with Crippen LogP contribution in [0.25, 0.3) is 23.3 Å². The second kappa shape index (κ2) is 10.8. The van der Waals surface area contributed by atoms with E-state index >= 15 is 0 Å². The first kappa shape index (κ1) is 27.1. The fraction of sp³-hybridized carbons (Fsp3) is 0.0732. The molecule has 0 aromatic heterocycles. The fourth-order valence-corrected chi connectivity index (χ4v) is 10.9. The molecule has 0 saturated heterocycles. The van der Waals surface area contributed by atoms with Crippen molar-refractivity contribution < 1.29 is 4.79 Å². The van der Waals surface area contributed by atoms with Crippen LogP contribution in [0.2, 0.25) is 0 Å². The van der Waals surface area contributed by atoms with Gasteiger partial charge in [0.1, 0.15) is 0 Å². The van der Waals surface area contributed by atoms with E-state index in [4.69, 9.17) is 0 Å². The van der Waals surface area contributed by atoms with Crippen LogP contribution in [0.1, 0.15) is 38.9 Å². The van der Waals surface area contributed by atoms with Crippen LogP contribution in [-0.4, -0.2) is 11.1 Å². The zero-order valence-corrected chi connectivity index (χ0v) is 25.6. The van der Waals surface area contributed by atoms with Crippen LogP contribution < -0.4 is 15.9 Å². The van der Waals surface area contributed by atoms with Crippen LogP contribution in [0.4, 0.5) is 0 Å². The lowest BCUT2D eigenvalue weighted by Crippen LogP contribution is -2.31. The highest BCUT2D eigenvalue weighted by Gasteiger charge is 2.35. The van der Waals surface area contributed by atoms with Gasteiger partial charge < -0.3 is 0 Å². The van der Waals surface area contributed by atoms with Crippen LogP contribution in [-0.2, 0) is 4.79 Å². The van der Waals surface area contributed by atoms with Crippen molar-refractivity contribution in [3.63, 3.8) is 0 Å². The third-order valence-corrected chi connectivity index (χ3v) is 13.0. The van der Waals surface area contributed by atoms with E-state index in [1.165, 1.54) is 37.9 Å². The first-order valence-corrected chi connectivity index (χ1v) is 16.6. The second-order valence-corrected chi connectivity index (χ2v) is 14.9. The number of carbonyl (C=O) groups is 1. The van der Waals surface area contributed by atoms with E-state index in [2.05, 4.69) is 142 Å². The molecule has 0 unspecified atom stereocenters. The summed E-state index contributed by atoms with van der Waals surface area (Å²) in [5.74, 6) is 0.0473. The number of rotatable bonds is 3. The van der Waals surface area contributed by atoms with Gasteiger partial charge in [-0.3, -0.25) is 4.79 Å². The van der Waals surface area contributed by atoms with Gasteiger partial charge in [-0.1, -0.05) is 156 Å². The Morgan fingerprint density at radius 3 is 1.28 bits per heavy atom. The Balaban J connectivity index is 1.77. The topological polar surface area (TPSA) is 17.1 Å². The first-order chi connectivity index (χ1) is 21.0. The summed E-state index contributed by atoms with van der Waals surface area (Å²) < 4.78 is 0. The Kier molecular flexibility index (Phi) is 6.85. The van der Waals surface area contributed by atoms with Gasteiger partial charge in [0.15, 0.2) is 5.78 Å².